The molecule has 1 atom stereocenters. The van der Waals surface area contributed by atoms with E-state index in [9.17, 15) is 9.59 Å². The molecule has 0 aliphatic rings. The number of hydrogen-bond donors (Lipinski definition) is 2. The maximum atomic E-state index is 11.8. The van der Waals surface area contributed by atoms with E-state index >= 15 is 0 Å². The van der Waals surface area contributed by atoms with Gasteiger partial charge < -0.3 is 5.73 Å². The molecule has 24 heavy (non-hydrogen) atoms. The Morgan fingerprint density at radius 2 is 2.08 bits per heavy atom. The summed E-state index contributed by atoms with van der Waals surface area (Å²) < 4.78 is 1.83. The molecule has 1 heterocycles. The molecule has 3 amide bonds. The molecule has 2 rings (SSSR count). The van der Waals surface area contributed by atoms with E-state index in [1.165, 1.54) is 11.8 Å². The number of imide groups is 1. The van der Waals surface area contributed by atoms with Crippen LogP contribution in [0.3, 0.4) is 0 Å². The summed E-state index contributed by atoms with van der Waals surface area (Å²) in [5.74, 6) is 0.144. The molecule has 0 spiro atoms. The van der Waals surface area contributed by atoms with E-state index in [2.05, 4.69) is 16.8 Å². The highest BCUT2D eigenvalue weighted by atomic mass is 35.5. The molecule has 0 saturated heterocycles. The van der Waals surface area contributed by atoms with Gasteiger partial charge in [0.25, 0.3) is 0 Å². The number of nitrogens with one attached hydrogen (secondary N) is 1. The number of aromatic nitrogens is 3. The zero-order valence-corrected chi connectivity index (χ0v) is 14.5. The number of carbonyl (C=O) groups is 2. The van der Waals surface area contributed by atoms with Crippen LogP contribution in [-0.2, 0) is 11.3 Å². The Kier molecular flexibility index (Phi) is 5.99. The first-order chi connectivity index (χ1) is 11.4. The van der Waals surface area contributed by atoms with Gasteiger partial charge in [-0.2, -0.15) is 0 Å². The van der Waals surface area contributed by atoms with Gasteiger partial charge in [0.05, 0.1) is 5.25 Å². The van der Waals surface area contributed by atoms with Gasteiger partial charge in [-0.15, -0.1) is 16.8 Å². The van der Waals surface area contributed by atoms with E-state index < -0.39 is 17.2 Å². The minimum absolute atomic E-state index is 0.470. The van der Waals surface area contributed by atoms with Crippen molar-refractivity contribution in [3.05, 3.63) is 41.9 Å². The standard InChI is InChI=1S/C15H16ClN5O2S/c1-3-8-21-12(10-4-6-11(16)7-5-10)19-20-15(21)24-9(2)13(22)18-14(17)23/h3-7,9H,1,8H2,2H3,(H3,17,18,22,23). The highest BCUT2D eigenvalue weighted by Crippen LogP contribution is 2.27. The van der Waals surface area contributed by atoms with Crippen molar-refractivity contribution < 1.29 is 9.59 Å². The summed E-state index contributed by atoms with van der Waals surface area (Å²) in [6.07, 6.45) is 1.71. The topological polar surface area (TPSA) is 103 Å². The van der Waals surface area contributed by atoms with Gasteiger partial charge in [-0.25, -0.2) is 4.79 Å². The zero-order chi connectivity index (χ0) is 17.7. The molecule has 0 saturated carbocycles. The quantitative estimate of drug-likeness (QED) is 0.604. The summed E-state index contributed by atoms with van der Waals surface area (Å²) in [6, 6.07) is 6.31. The highest BCUT2D eigenvalue weighted by Gasteiger charge is 2.21. The minimum atomic E-state index is -0.887. The molecule has 0 aliphatic carbocycles. The average Bonchev–Trinajstić information content (AvgIpc) is 2.90. The number of urea groups is 1. The molecule has 0 aliphatic heterocycles. The van der Waals surface area contributed by atoms with Crippen molar-refractivity contribution in [3.8, 4) is 11.4 Å². The summed E-state index contributed by atoms with van der Waals surface area (Å²) in [6.45, 7) is 5.85. The zero-order valence-electron chi connectivity index (χ0n) is 12.9. The lowest BCUT2D eigenvalue weighted by Gasteiger charge is -2.11. The summed E-state index contributed by atoms with van der Waals surface area (Å²) in [5.41, 5.74) is 5.80. The van der Waals surface area contributed by atoms with E-state index in [1.54, 1.807) is 25.1 Å². The van der Waals surface area contributed by atoms with Crippen molar-refractivity contribution in [3.63, 3.8) is 0 Å². The van der Waals surface area contributed by atoms with Gasteiger partial charge in [0.1, 0.15) is 0 Å². The second-order valence-corrected chi connectivity index (χ2v) is 6.57. The monoisotopic (exact) mass is 365 g/mol. The van der Waals surface area contributed by atoms with Crippen LogP contribution in [0.15, 0.2) is 42.1 Å². The fraction of sp³-hybridized carbons (Fsp3) is 0.200. The second-order valence-electron chi connectivity index (χ2n) is 4.83. The lowest BCUT2D eigenvalue weighted by atomic mass is 10.2. The smallest absolute Gasteiger partial charge is 0.318 e. The Morgan fingerprint density at radius 1 is 1.42 bits per heavy atom. The molecule has 126 valence electrons. The van der Waals surface area contributed by atoms with Crippen LogP contribution in [0.25, 0.3) is 11.4 Å². The van der Waals surface area contributed by atoms with Gasteiger partial charge in [0.15, 0.2) is 11.0 Å². The van der Waals surface area contributed by atoms with Gasteiger partial charge in [-0.3, -0.25) is 14.7 Å². The van der Waals surface area contributed by atoms with Crippen LogP contribution in [-0.4, -0.2) is 32.0 Å². The average molecular weight is 366 g/mol. The van der Waals surface area contributed by atoms with Crippen LogP contribution in [0.1, 0.15) is 6.92 Å². The Labute approximate surface area is 148 Å². The molecule has 1 unspecified atom stereocenters. The van der Waals surface area contributed by atoms with Crippen LogP contribution in [0.4, 0.5) is 4.79 Å². The Morgan fingerprint density at radius 3 is 2.67 bits per heavy atom. The maximum Gasteiger partial charge on any atom is 0.318 e. The fourth-order valence-electron chi connectivity index (χ4n) is 1.92. The first-order valence-electron chi connectivity index (χ1n) is 6.99. The van der Waals surface area contributed by atoms with Crippen molar-refractivity contribution >= 4 is 35.3 Å². The van der Waals surface area contributed by atoms with Gasteiger partial charge >= 0.3 is 6.03 Å². The van der Waals surface area contributed by atoms with E-state index in [0.717, 1.165) is 5.56 Å². The fourth-order valence-corrected chi connectivity index (χ4v) is 2.90. The van der Waals surface area contributed by atoms with Crippen LogP contribution < -0.4 is 11.1 Å². The predicted molar refractivity (Wildman–Crippen MR) is 93.7 cm³/mol. The van der Waals surface area contributed by atoms with Crippen molar-refractivity contribution in [2.45, 2.75) is 23.9 Å². The number of primary amides is 1. The van der Waals surface area contributed by atoms with Gasteiger partial charge in [-0.1, -0.05) is 29.4 Å². The van der Waals surface area contributed by atoms with E-state index in [-0.39, 0.29) is 0 Å². The molecule has 1 aromatic carbocycles. The minimum Gasteiger partial charge on any atom is -0.351 e. The number of nitrogens with zero attached hydrogens (tertiary/aromatic N) is 3. The number of thioether (sulfide) groups is 1. The normalized spacial score (nSPS) is 11.8. The molecule has 0 bridgehead atoms. The lowest BCUT2D eigenvalue weighted by molar-refractivity contribution is -0.119. The highest BCUT2D eigenvalue weighted by molar-refractivity contribution is 8.00. The van der Waals surface area contributed by atoms with Gasteiger partial charge in [0, 0.05) is 17.1 Å². The number of nitrogens with two attached hydrogens (primary N) is 1. The summed E-state index contributed by atoms with van der Waals surface area (Å²) in [5, 5.41) is 11.0. The SMILES string of the molecule is C=CCn1c(SC(C)C(=O)NC(N)=O)nnc1-c1ccc(Cl)cc1. The van der Waals surface area contributed by atoms with Gasteiger partial charge in [0.2, 0.25) is 5.91 Å². The van der Waals surface area contributed by atoms with E-state index in [4.69, 9.17) is 17.3 Å². The molecular formula is C15H16ClN5O2S. The third kappa shape index (κ3) is 4.36. The molecule has 0 radical (unpaired) electrons. The molecule has 2 aromatic rings. The Bertz CT molecular complexity index is 760. The number of benzene rings is 1. The third-order valence-electron chi connectivity index (χ3n) is 3.03. The molecule has 0 fully saturated rings. The number of hydrogen-bond acceptors (Lipinski definition) is 5. The van der Waals surface area contributed by atoms with Crippen LogP contribution in [0, 0.1) is 0 Å². The molecule has 9 heteroatoms. The number of amides is 3. The second kappa shape index (κ2) is 7.98. The Hall–Kier alpha value is -2.32. The number of halogens is 1. The first kappa shape index (κ1) is 18.0. The summed E-state index contributed by atoms with van der Waals surface area (Å²) >= 11 is 7.08. The molecule has 1 aromatic heterocycles. The molecule has 7 nitrogen and oxygen atoms in total. The molecule has 3 N–H and O–H groups in total. The van der Waals surface area contributed by atoms with Crippen molar-refractivity contribution in [1.29, 1.82) is 0 Å². The summed E-state index contributed by atoms with van der Waals surface area (Å²) in [7, 11) is 0. The van der Waals surface area contributed by atoms with Crippen LogP contribution >= 0.6 is 23.4 Å². The van der Waals surface area contributed by atoms with E-state index in [1.807, 2.05) is 22.0 Å². The predicted octanol–water partition coefficient (Wildman–Crippen LogP) is 2.46. The van der Waals surface area contributed by atoms with Crippen molar-refractivity contribution in [2.75, 3.05) is 0 Å². The van der Waals surface area contributed by atoms with Crippen molar-refractivity contribution in [2.24, 2.45) is 5.73 Å². The van der Waals surface area contributed by atoms with E-state index in [0.29, 0.717) is 22.5 Å². The Balaban J connectivity index is 2.27. The summed E-state index contributed by atoms with van der Waals surface area (Å²) in [4.78, 5) is 22.6. The first-order valence-corrected chi connectivity index (χ1v) is 8.25. The maximum absolute atomic E-state index is 11.8. The van der Waals surface area contributed by atoms with Crippen LogP contribution in [0.5, 0.6) is 0 Å². The van der Waals surface area contributed by atoms with Gasteiger partial charge in [-0.05, 0) is 31.2 Å². The third-order valence-corrected chi connectivity index (χ3v) is 4.36. The van der Waals surface area contributed by atoms with Crippen LogP contribution in [0.2, 0.25) is 5.02 Å². The largest absolute Gasteiger partial charge is 0.351 e. The number of carbonyl (C=O) groups excluding carboxylic acids is 2. The number of allylic oxidation sites excluding steroid dienone is 1. The molecular weight excluding hydrogens is 350 g/mol. The van der Waals surface area contributed by atoms with Crippen molar-refractivity contribution in [1.82, 2.24) is 20.1 Å². The lowest BCUT2D eigenvalue weighted by Crippen LogP contribution is -2.39. The number of rotatable bonds is 6.